The number of aryl methyl sites for hydroxylation is 1. The fraction of sp³-hybridized carbons (Fsp3) is 0.100. The van der Waals surface area contributed by atoms with Crippen LogP contribution in [0.15, 0.2) is 101 Å². The molecule has 1 N–H and O–H groups in total. The number of amides is 1. The molecule has 0 atom stereocenters. The van der Waals surface area contributed by atoms with Crippen LogP contribution in [0.3, 0.4) is 0 Å². The van der Waals surface area contributed by atoms with Crippen LogP contribution in [-0.2, 0) is 14.8 Å². The van der Waals surface area contributed by atoms with Crippen LogP contribution in [0.1, 0.15) is 21.5 Å². The van der Waals surface area contributed by atoms with Crippen molar-refractivity contribution in [2.75, 3.05) is 18.0 Å². The molecule has 12 nitrogen and oxygen atoms in total. The fourth-order valence-electron chi connectivity index (χ4n) is 3.94. The first-order chi connectivity index (χ1) is 21.0. The van der Waals surface area contributed by atoms with Crippen LogP contribution in [-0.4, -0.2) is 45.1 Å². The van der Waals surface area contributed by atoms with Crippen molar-refractivity contribution in [3.63, 3.8) is 0 Å². The molecule has 0 aliphatic heterocycles. The number of esters is 1. The number of nitro groups is 1. The van der Waals surface area contributed by atoms with Gasteiger partial charge in [-0.05, 0) is 73.2 Å². The van der Waals surface area contributed by atoms with E-state index in [9.17, 15) is 28.1 Å². The first kappa shape index (κ1) is 31.7. The second-order valence-electron chi connectivity index (χ2n) is 9.15. The van der Waals surface area contributed by atoms with Gasteiger partial charge in [0.25, 0.3) is 21.6 Å². The van der Waals surface area contributed by atoms with Crippen LogP contribution in [0, 0.1) is 17.0 Å². The molecule has 0 aromatic heterocycles. The number of rotatable bonds is 11. The first-order valence-electron chi connectivity index (χ1n) is 12.8. The Balaban J connectivity index is 1.53. The van der Waals surface area contributed by atoms with Crippen molar-refractivity contribution in [2.24, 2.45) is 5.10 Å². The molecule has 14 heteroatoms. The summed E-state index contributed by atoms with van der Waals surface area (Å²) in [6.07, 6.45) is 1.31. The number of nitrogens with zero attached hydrogens (tertiary/aromatic N) is 3. The Kier molecular flexibility index (Phi) is 9.93. The van der Waals surface area contributed by atoms with E-state index in [4.69, 9.17) is 21.1 Å². The Morgan fingerprint density at radius 1 is 1.02 bits per heavy atom. The predicted octanol–water partition coefficient (Wildman–Crippen LogP) is 5.13. The third kappa shape index (κ3) is 7.56. The Morgan fingerprint density at radius 3 is 2.39 bits per heavy atom. The van der Waals surface area contributed by atoms with Crippen LogP contribution in [0.2, 0.25) is 5.02 Å². The highest BCUT2D eigenvalue weighted by atomic mass is 35.5. The molecule has 4 aromatic rings. The van der Waals surface area contributed by atoms with E-state index >= 15 is 0 Å². The second kappa shape index (κ2) is 13.8. The van der Waals surface area contributed by atoms with E-state index < -0.39 is 44.0 Å². The van der Waals surface area contributed by atoms with Crippen LogP contribution >= 0.6 is 11.6 Å². The third-order valence-corrected chi connectivity index (χ3v) is 8.16. The molecule has 0 spiro atoms. The van der Waals surface area contributed by atoms with Crippen LogP contribution in [0.5, 0.6) is 11.5 Å². The Labute approximate surface area is 257 Å². The summed E-state index contributed by atoms with van der Waals surface area (Å²) in [5.41, 5.74) is 3.00. The summed E-state index contributed by atoms with van der Waals surface area (Å²) >= 11 is 6.14. The fourth-order valence-corrected chi connectivity index (χ4v) is 5.55. The number of carbonyl (C=O) groups is 2. The van der Waals surface area contributed by atoms with Gasteiger partial charge in [0, 0.05) is 16.7 Å². The minimum atomic E-state index is -4.55. The van der Waals surface area contributed by atoms with Crippen LogP contribution < -0.4 is 19.2 Å². The number of methoxy groups -OCH3 is 1. The van der Waals surface area contributed by atoms with Gasteiger partial charge in [-0.25, -0.2) is 18.6 Å². The van der Waals surface area contributed by atoms with Crippen molar-refractivity contribution in [2.45, 2.75) is 11.8 Å². The number of anilines is 1. The maximum atomic E-state index is 13.8. The SMILES string of the molecule is COc1ccc(Cl)cc1N(CC(=O)N/N=C\c1ccc(OC(=O)c2ccccc2)cc1)S(=O)(=O)c1ccc(C)c([N+](=O)[O-])c1. The van der Waals surface area contributed by atoms with Crippen molar-refractivity contribution in [3.8, 4) is 11.5 Å². The van der Waals surface area contributed by atoms with Crippen molar-refractivity contribution in [3.05, 3.63) is 123 Å². The summed E-state index contributed by atoms with van der Waals surface area (Å²) in [7, 11) is -3.24. The van der Waals surface area contributed by atoms with Gasteiger partial charge in [-0.2, -0.15) is 5.10 Å². The average molecular weight is 637 g/mol. The lowest BCUT2D eigenvalue weighted by Crippen LogP contribution is -2.39. The van der Waals surface area contributed by atoms with Crippen LogP contribution in [0.25, 0.3) is 0 Å². The molecule has 0 heterocycles. The van der Waals surface area contributed by atoms with Gasteiger partial charge in [-0.15, -0.1) is 0 Å². The van der Waals surface area contributed by atoms with Gasteiger partial charge < -0.3 is 9.47 Å². The number of hydrazone groups is 1. The minimum absolute atomic E-state index is 0.0667. The standard InChI is InChI=1S/C30H25ClN4O8S/c1-20-8-14-25(17-26(20)35(38)39)44(40,41)34(27-16-23(31)11-15-28(27)42-2)19-29(36)33-32-18-21-9-12-24(13-10-21)43-30(37)22-6-4-3-5-7-22/h3-18H,19H2,1-2H3,(H,33,36)/b32-18-. The molecule has 1 amide bonds. The number of hydrogen-bond donors (Lipinski definition) is 1. The van der Waals surface area contributed by atoms with E-state index in [2.05, 4.69) is 10.5 Å². The highest BCUT2D eigenvalue weighted by Gasteiger charge is 2.31. The summed E-state index contributed by atoms with van der Waals surface area (Å²) in [5.74, 6) is -0.964. The largest absolute Gasteiger partial charge is 0.495 e. The molecule has 0 unspecified atom stereocenters. The lowest BCUT2D eigenvalue weighted by molar-refractivity contribution is -0.385. The molecule has 0 bridgehead atoms. The van der Waals surface area contributed by atoms with E-state index in [0.717, 1.165) is 10.4 Å². The highest BCUT2D eigenvalue weighted by molar-refractivity contribution is 7.92. The molecule has 0 saturated carbocycles. The van der Waals surface area contributed by atoms with E-state index in [1.165, 1.54) is 50.6 Å². The molecule has 4 rings (SSSR count). The monoisotopic (exact) mass is 636 g/mol. The van der Waals surface area contributed by atoms with Gasteiger partial charge in [-0.3, -0.25) is 19.2 Å². The van der Waals surface area contributed by atoms with Gasteiger partial charge in [0.05, 0.1) is 34.4 Å². The van der Waals surface area contributed by atoms with Gasteiger partial charge in [0.2, 0.25) is 0 Å². The maximum absolute atomic E-state index is 13.8. The summed E-state index contributed by atoms with van der Waals surface area (Å²) in [4.78, 5) is 35.5. The van der Waals surface area contributed by atoms with Gasteiger partial charge in [0.15, 0.2) is 0 Å². The smallest absolute Gasteiger partial charge is 0.343 e. The molecule has 44 heavy (non-hydrogen) atoms. The minimum Gasteiger partial charge on any atom is -0.495 e. The lowest BCUT2D eigenvalue weighted by atomic mass is 10.2. The number of nitro benzene ring substituents is 1. The van der Waals surface area contributed by atoms with Gasteiger partial charge in [-0.1, -0.05) is 35.9 Å². The summed E-state index contributed by atoms with van der Waals surface area (Å²) in [6.45, 7) is 0.703. The van der Waals surface area contributed by atoms with Crippen molar-refractivity contribution in [1.29, 1.82) is 0 Å². The summed E-state index contributed by atoms with van der Waals surface area (Å²) < 4.78 is 38.9. The Hall–Kier alpha value is -5.27. The van der Waals surface area contributed by atoms with Crippen LogP contribution in [0.4, 0.5) is 11.4 Å². The molecule has 226 valence electrons. The molecule has 0 saturated heterocycles. The van der Waals surface area contributed by atoms with Gasteiger partial charge >= 0.3 is 5.97 Å². The predicted molar refractivity (Wildman–Crippen MR) is 164 cm³/mol. The van der Waals surface area contributed by atoms with Crippen molar-refractivity contribution in [1.82, 2.24) is 5.43 Å². The number of carbonyl (C=O) groups excluding carboxylic acids is 2. The number of hydrogen-bond acceptors (Lipinski definition) is 9. The zero-order chi connectivity index (χ0) is 31.9. The number of halogens is 1. The number of ether oxygens (including phenoxy) is 2. The Bertz CT molecular complexity index is 1830. The van der Waals surface area contributed by atoms with Gasteiger partial charge in [0.1, 0.15) is 18.0 Å². The van der Waals surface area contributed by atoms with Crippen molar-refractivity contribution < 1.29 is 32.4 Å². The molecular weight excluding hydrogens is 612 g/mol. The molecular formula is C30H25ClN4O8S. The molecule has 0 aliphatic carbocycles. The lowest BCUT2D eigenvalue weighted by Gasteiger charge is -2.25. The van der Waals surface area contributed by atoms with E-state index in [0.29, 0.717) is 16.9 Å². The third-order valence-electron chi connectivity index (χ3n) is 6.17. The summed E-state index contributed by atoms with van der Waals surface area (Å²) in [6, 6.07) is 22.4. The quantitative estimate of drug-likeness (QED) is 0.0780. The van der Waals surface area contributed by atoms with E-state index in [-0.39, 0.29) is 22.0 Å². The highest BCUT2D eigenvalue weighted by Crippen LogP contribution is 2.35. The maximum Gasteiger partial charge on any atom is 0.343 e. The molecule has 0 fully saturated rings. The molecule has 0 radical (unpaired) electrons. The zero-order valence-corrected chi connectivity index (χ0v) is 24.9. The number of benzene rings is 4. The van der Waals surface area contributed by atoms with Crippen molar-refractivity contribution >= 4 is 51.1 Å². The summed E-state index contributed by atoms with van der Waals surface area (Å²) in [5, 5.41) is 15.5. The first-order valence-corrected chi connectivity index (χ1v) is 14.6. The average Bonchev–Trinajstić information content (AvgIpc) is 3.01. The molecule has 4 aromatic carbocycles. The second-order valence-corrected chi connectivity index (χ2v) is 11.4. The van der Waals surface area contributed by atoms with E-state index in [1.54, 1.807) is 54.6 Å². The molecule has 0 aliphatic rings. The normalized spacial score (nSPS) is 11.2. The Morgan fingerprint density at radius 2 is 1.73 bits per heavy atom. The number of sulfonamides is 1. The zero-order valence-electron chi connectivity index (χ0n) is 23.3. The topological polar surface area (TPSA) is 158 Å². The van der Waals surface area contributed by atoms with E-state index in [1.807, 2.05) is 0 Å². The number of nitrogens with one attached hydrogen (secondary N) is 1.